The monoisotopic (exact) mass is 624 g/mol. The lowest BCUT2D eigenvalue weighted by Gasteiger charge is -2.14. The predicted molar refractivity (Wildman–Crippen MR) is 160 cm³/mol. The van der Waals surface area contributed by atoms with E-state index in [1.165, 1.54) is 12.0 Å². The standard InChI is InChI=1S/C30H29BrN2O6S/c1-18-6-5-7-22(12-18)38-11-10-33-29(35)27(40-30(33)36)16-21-8-9-25(26(15-21)37-4)39-17-28(34)32-24-14-20(3)19(2)13-23(24)31/h5-9,12-16H,10-11,17H2,1-4H3,(H,32,34)/b27-16-. The highest BCUT2D eigenvalue weighted by atomic mass is 79.9. The van der Waals surface area contributed by atoms with Crippen LogP contribution in [-0.2, 0) is 9.59 Å². The van der Waals surface area contributed by atoms with Gasteiger partial charge in [-0.1, -0.05) is 18.2 Å². The first-order valence-electron chi connectivity index (χ1n) is 12.5. The highest BCUT2D eigenvalue weighted by Crippen LogP contribution is 2.34. The van der Waals surface area contributed by atoms with Gasteiger partial charge in [0.25, 0.3) is 17.1 Å². The van der Waals surface area contributed by atoms with Gasteiger partial charge in [0.1, 0.15) is 12.4 Å². The second-order valence-electron chi connectivity index (χ2n) is 9.16. The molecule has 3 amide bonds. The Balaban J connectivity index is 1.36. The number of halogens is 1. The fourth-order valence-corrected chi connectivity index (χ4v) is 5.33. The average Bonchev–Trinajstić information content (AvgIpc) is 3.18. The Labute approximate surface area is 245 Å². The Hall–Kier alpha value is -3.76. The molecule has 1 aliphatic rings. The quantitative estimate of drug-likeness (QED) is 0.257. The molecule has 8 nitrogen and oxygen atoms in total. The summed E-state index contributed by atoms with van der Waals surface area (Å²) in [6.45, 7) is 6.06. The summed E-state index contributed by atoms with van der Waals surface area (Å²) < 4.78 is 17.6. The van der Waals surface area contributed by atoms with E-state index in [1.807, 2.05) is 57.2 Å². The Morgan fingerprint density at radius 1 is 1.00 bits per heavy atom. The van der Waals surface area contributed by atoms with Crippen LogP contribution in [-0.4, -0.2) is 48.8 Å². The van der Waals surface area contributed by atoms with Crippen LogP contribution in [0.2, 0.25) is 0 Å². The van der Waals surface area contributed by atoms with Crippen molar-refractivity contribution in [1.82, 2.24) is 4.90 Å². The number of amides is 3. The first kappa shape index (κ1) is 29.2. The Morgan fingerprint density at radius 3 is 2.52 bits per heavy atom. The van der Waals surface area contributed by atoms with Crippen LogP contribution in [0.1, 0.15) is 22.3 Å². The van der Waals surface area contributed by atoms with Gasteiger partial charge in [-0.05, 0) is 113 Å². The van der Waals surface area contributed by atoms with E-state index in [0.29, 0.717) is 33.4 Å². The normalized spacial score (nSPS) is 14.0. The number of ether oxygens (including phenoxy) is 3. The summed E-state index contributed by atoms with van der Waals surface area (Å²) in [7, 11) is 1.49. The zero-order valence-electron chi connectivity index (χ0n) is 22.6. The molecule has 0 aliphatic carbocycles. The number of hydrogen-bond acceptors (Lipinski definition) is 7. The number of thioether (sulfide) groups is 1. The number of hydrogen-bond donors (Lipinski definition) is 1. The third-order valence-electron chi connectivity index (χ3n) is 6.15. The van der Waals surface area contributed by atoms with Gasteiger partial charge in [0.15, 0.2) is 18.1 Å². The van der Waals surface area contributed by atoms with E-state index in [1.54, 1.807) is 24.3 Å². The van der Waals surface area contributed by atoms with Crippen molar-refractivity contribution in [3.8, 4) is 17.2 Å². The van der Waals surface area contributed by atoms with E-state index in [9.17, 15) is 14.4 Å². The van der Waals surface area contributed by atoms with Gasteiger partial charge in [0, 0.05) is 4.47 Å². The number of nitrogens with one attached hydrogen (secondary N) is 1. The van der Waals surface area contributed by atoms with E-state index in [0.717, 1.165) is 32.9 Å². The summed E-state index contributed by atoms with van der Waals surface area (Å²) in [6.07, 6.45) is 1.63. The smallest absolute Gasteiger partial charge is 0.293 e. The molecule has 0 bridgehead atoms. The number of methoxy groups -OCH3 is 1. The molecule has 0 radical (unpaired) electrons. The lowest BCUT2D eigenvalue weighted by Crippen LogP contribution is -2.32. The third-order valence-corrected chi connectivity index (χ3v) is 7.71. The van der Waals surface area contributed by atoms with Crippen molar-refractivity contribution in [1.29, 1.82) is 0 Å². The van der Waals surface area contributed by atoms with Crippen molar-refractivity contribution in [2.24, 2.45) is 0 Å². The number of rotatable bonds is 10. The number of nitrogens with zero attached hydrogens (tertiary/aromatic N) is 1. The molecule has 10 heteroatoms. The van der Waals surface area contributed by atoms with Gasteiger partial charge in [-0.25, -0.2) is 0 Å². The molecule has 40 heavy (non-hydrogen) atoms. The van der Waals surface area contributed by atoms with Crippen molar-refractivity contribution < 1.29 is 28.6 Å². The van der Waals surface area contributed by atoms with Crippen LogP contribution in [0, 0.1) is 20.8 Å². The molecule has 0 aromatic heterocycles. The summed E-state index contributed by atoms with van der Waals surface area (Å²) in [5.74, 6) is 0.744. The van der Waals surface area contributed by atoms with Crippen LogP contribution in [0.3, 0.4) is 0 Å². The SMILES string of the molecule is COc1cc(/C=C2\SC(=O)N(CCOc3cccc(C)c3)C2=O)ccc1OCC(=O)Nc1cc(C)c(C)cc1Br. The van der Waals surface area contributed by atoms with Gasteiger partial charge >= 0.3 is 0 Å². The molecule has 208 valence electrons. The Kier molecular flexibility index (Phi) is 9.54. The summed E-state index contributed by atoms with van der Waals surface area (Å²) in [5.41, 5.74) is 4.55. The van der Waals surface area contributed by atoms with E-state index < -0.39 is 0 Å². The highest BCUT2D eigenvalue weighted by Gasteiger charge is 2.34. The van der Waals surface area contributed by atoms with Gasteiger partial charge < -0.3 is 19.5 Å². The minimum absolute atomic E-state index is 0.146. The molecule has 1 saturated heterocycles. The van der Waals surface area contributed by atoms with Gasteiger partial charge in [-0.3, -0.25) is 19.3 Å². The minimum Gasteiger partial charge on any atom is -0.493 e. The number of carbonyl (C=O) groups excluding carboxylic acids is 3. The summed E-state index contributed by atoms with van der Waals surface area (Å²) in [5, 5.41) is 2.49. The van der Waals surface area contributed by atoms with Crippen LogP contribution in [0.4, 0.5) is 10.5 Å². The van der Waals surface area contributed by atoms with Crippen molar-refractivity contribution in [3.63, 3.8) is 0 Å². The van der Waals surface area contributed by atoms with Crippen molar-refractivity contribution in [3.05, 3.63) is 86.2 Å². The van der Waals surface area contributed by atoms with Crippen LogP contribution in [0.25, 0.3) is 6.08 Å². The minimum atomic E-state index is -0.378. The first-order valence-corrected chi connectivity index (χ1v) is 14.1. The zero-order valence-corrected chi connectivity index (χ0v) is 25.0. The molecule has 0 spiro atoms. The maximum atomic E-state index is 12.9. The van der Waals surface area contributed by atoms with E-state index >= 15 is 0 Å². The molecule has 3 aromatic rings. The van der Waals surface area contributed by atoms with Crippen molar-refractivity contribution in [2.45, 2.75) is 20.8 Å². The number of benzene rings is 3. The maximum absolute atomic E-state index is 12.9. The number of imide groups is 1. The van der Waals surface area contributed by atoms with Crippen molar-refractivity contribution >= 4 is 56.5 Å². The Morgan fingerprint density at radius 2 is 1.77 bits per heavy atom. The number of aryl methyl sites for hydroxylation is 3. The van der Waals surface area contributed by atoms with Crippen LogP contribution < -0.4 is 19.5 Å². The molecule has 4 rings (SSSR count). The van der Waals surface area contributed by atoms with Gasteiger partial charge in [0.05, 0.1) is 24.2 Å². The van der Waals surface area contributed by atoms with E-state index in [2.05, 4.69) is 21.2 Å². The number of anilines is 1. The highest BCUT2D eigenvalue weighted by molar-refractivity contribution is 9.10. The van der Waals surface area contributed by atoms with Gasteiger partial charge in [0.2, 0.25) is 0 Å². The molecular weight excluding hydrogens is 596 g/mol. The van der Waals surface area contributed by atoms with E-state index in [-0.39, 0.29) is 36.8 Å². The lowest BCUT2D eigenvalue weighted by atomic mass is 10.1. The fraction of sp³-hybridized carbons (Fsp3) is 0.233. The van der Waals surface area contributed by atoms with E-state index in [4.69, 9.17) is 14.2 Å². The van der Waals surface area contributed by atoms with Crippen molar-refractivity contribution in [2.75, 3.05) is 32.2 Å². The van der Waals surface area contributed by atoms with Crippen LogP contribution in [0.5, 0.6) is 17.2 Å². The maximum Gasteiger partial charge on any atom is 0.293 e. The predicted octanol–water partition coefficient (Wildman–Crippen LogP) is 6.52. The zero-order chi connectivity index (χ0) is 28.8. The molecule has 0 saturated carbocycles. The fourth-order valence-electron chi connectivity index (χ4n) is 3.90. The van der Waals surface area contributed by atoms with Gasteiger partial charge in [-0.2, -0.15) is 0 Å². The second kappa shape index (κ2) is 13.1. The topological polar surface area (TPSA) is 94.2 Å². The molecular formula is C30H29BrN2O6S. The largest absolute Gasteiger partial charge is 0.493 e. The Bertz CT molecular complexity index is 1490. The van der Waals surface area contributed by atoms with Crippen LogP contribution in [0.15, 0.2) is 64.0 Å². The summed E-state index contributed by atoms with van der Waals surface area (Å²) in [4.78, 5) is 39.3. The first-order chi connectivity index (χ1) is 19.1. The lowest BCUT2D eigenvalue weighted by molar-refractivity contribution is -0.123. The molecule has 1 N–H and O–H groups in total. The van der Waals surface area contributed by atoms with Crippen LogP contribution >= 0.6 is 27.7 Å². The second-order valence-corrected chi connectivity index (χ2v) is 11.0. The van der Waals surface area contributed by atoms with Gasteiger partial charge in [-0.15, -0.1) is 0 Å². The summed E-state index contributed by atoms with van der Waals surface area (Å²) in [6, 6.07) is 16.5. The molecule has 1 fully saturated rings. The summed E-state index contributed by atoms with van der Waals surface area (Å²) >= 11 is 4.35. The molecule has 0 unspecified atom stereocenters. The molecule has 1 aliphatic heterocycles. The molecule has 1 heterocycles. The molecule has 3 aromatic carbocycles. The molecule has 0 atom stereocenters. The third kappa shape index (κ3) is 7.25. The number of carbonyl (C=O) groups is 3. The average molecular weight is 626 g/mol.